The van der Waals surface area contributed by atoms with Crippen LogP contribution < -0.4 is 0 Å². The van der Waals surface area contributed by atoms with Crippen LogP contribution in [0.1, 0.15) is 0 Å². The van der Waals surface area contributed by atoms with Gasteiger partial charge in [0, 0.05) is 49.6 Å². The number of nitrogens with zero attached hydrogens (tertiary/aromatic N) is 5. The van der Waals surface area contributed by atoms with Gasteiger partial charge in [-0.2, -0.15) is 9.97 Å². The van der Waals surface area contributed by atoms with E-state index in [1.54, 1.807) is 12.4 Å². The molecular weight excluding hydrogens is 631 g/mol. The second-order valence-electron chi connectivity index (χ2n) is 12.7. The number of aromatic nitrogens is 5. The van der Waals surface area contributed by atoms with Crippen LogP contribution in [0.25, 0.3) is 106 Å². The minimum atomic E-state index is 0.546. The average Bonchev–Trinajstić information content (AvgIpc) is 3.87. The van der Waals surface area contributed by atoms with E-state index in [1.807, 2.05) is 42.5 Å². The van der Waals surface area contributed by atoms with Crippen molar-refractivity contribution >= 4 is 65.7 Å². The van der Waals surface area contributed by atoms with Gasteiger partial charge in [0.1, 0.15) is 16.7 Å². The highest BCUT2D eigenvalue weighted by molar-refractivity contribution is 6.12. The molecule has 0 aliphatic rings. The largest absolute Gasteiger partial charge is 0.456 e. The molecule has 11 aromatic rings. The zero-order chi connectivity index (χ0) is 33.5. The molecule has 0 radical (unpaired) electrons. The molecule has 0 aliphatic carbocycles. The standard InChI is InChI=1S/C44H25N5O2/c1-4-12-35-30(8-1)31-9-2-5-13-36(31)49(35)44-47-42(46-43(48-44)28-20-21-33-32-10-3-6-14-37(32)50-39(33)24-28)27-18-16-26(17-19-27)29-11-7-15-38-41(29)34-22-23-45-25-40(34)51-38/h1-25H. The van der Waals surface area contributed by atoms with E-state index in [4.69, 9.17) is 23.8 Å². The fourth-order valence-electron chi connectivity index (χ4n) is 7.45. The molecule has 7 nitrogen and oxygen atoms in total. The van der Waals surface area contributed by atoms with Gasteiger partial charge < -0.3 is 8.83 Å². The number of fused-ring (bicyclic) bond motifs is 9. The van der Waals surface area contributed by atoms with E-state index < -0.39 is 0 Å². The van der Waals surface area contributed by atoms with Crippen molar-refractivity contribution in [3.63, 3.8) is 0 Å². The Kier molecular flexibility index (Phi) is 5.83. The van der Waals surface area contributed by atoms with Gasteiger partial charge >= 0.3 is 0 Å². The first-order valence-electron chi connectivity index (χ1n) is 16.8. The summed E-state index contributed by atoms with van der Waals surface area (Å²) in [5.41, 5.74) is 9.17. The Hall–Kier alpha value is -7.12. The van der Waals surface area contributed by atoms with Gasteiger partial charge in [0.2, 0.25) is 5.95 Å². The maximum Gasteiger partial charge on any atom is 0.238 e. The first-order valence-corrected chi connectivity index (χ1v) is 16.8. The molecule has 0 spiro atoms. The van der Waals surface area contributed by atoms with E-state index in [9.17, 15) is 0 Å². The second-order valence-corrected chi connectivity index (χ2v) is 12.7. The SMILES string of the molecule is c1ccc2c(c1)oc1cc(-c3nc(-c4ccc(-c5cccc6oc7cnccc7c56)cc4)nc(-n4c5ccccc5c5ccccc54)n3)ccc12. The molecule has 6 aromatic carbocycles. The fraction of sp³-hybridized carbons (Fsp3) is 0. The third kappa shape index (κ3) is 4.25. The lowest BCUT2D eigenvalue weighted by Crippen LogP contribution is -2.06. The Morgan fingerprint density at radius 1 is 0.431 bits per heavy atom. The van der Waals surface area contributed by atoms with Gasteiger partial charge in [0.05, 0.1) is 17.2 Å². The van der Waals surface area contributed by atoms with E-state index in [0.29, 0.717) is 17.6 Å². The van der Waals surface area contributed by atoms with Gasteiger partial charge in [-0.05, 0) is 53.6 Å². The predicted molar refractivity (Wildman–Crippen MR) is 203 cm³/mol. The number of rotatable bonds is 4. The van der Waals surface area contributed by atoms with E-state index >= 15 is 0 Å². The quantitative estimate of drug-likeness (QED) is 0.188. The van der Waals surface area contributed by atoms with Crippen molar-refractivity contribution in [1.29, 1.82) is 0 Å². The highest BCUT2D eigenvalue weighted by Crippen LogP contribution is 2.38. The molecule has 0 amide bonds. The Bertz CT molecular complexity index is 3100. The predicted octanol–water partition coefficient (Wildman–Crippen LogP) is 11.2. The maximum atomic E-state index is 6.27. The van der Waals surface area contributed by atoms with Crippen molar-refractivity contribution in [3.05, 3.63) is 152 Å². The molecular formula is C44H25N5O2. The number of pyridine rings is 1. The van der Waals surface area contributed by atoms with E-state index in [-0.39, 0.29) is 0 Å². The summed E-state index contributed by atoms with van der Waals surface area (Å²) in [5.74, 6) is 1.68. The molecule has 51 heavy (non-hydrogen) atoms. The van der Waals surface area contributed by atoms with Gasteiger partial charge in [0.25, 0.3) is 0 Å². The van der Waals surface area contributed by atoms with Gasteiger partial charge in [-0.15, -0.1) is 0 Å². The molecule has 0 bridgehead atoms. The lowest BCUT2D eigenvalue weighted by atomic mass is 9.99. The van der Waals surface area contributed by atoms with Crippen molar-refractivity contribution in [3.8, 4) is 39.9 Å². The van der Waals surface area contributed by atoms with Crippen molar-refractivity contribution in [1.82, 2.24) is 24.5 Å². The summed E-state index contributed by atoms with van der Waals surface area (Å²) >= 11 is 0. The monoisotopic (exact) mass is 655 g/mol. The van der Waals surface area contributed by atoms with Crippen LogP contribution in [-0.2, 0) is 0 Å². The highest BCUT2D eigenvalue weighted by Gasteiger charge is 2.19. The van der Waals surface area contributed by atoms with E-state index in [2.05, 4.69) is 107 Å². The summed E-state index contributed by atoms with van der Waals surface area (Å²) in [6.07, 6.45) is 3.57. The van der Waals surface area contributed by atoms with Crippen molar-refractivity contribution in [2.45, 2.75) is 0 Å². The smallest absolute Gasteiger partial charge is 0.238 e. The normalized spacial score (nSPS) is 11.9. The van der Waals surface area contributed by atoms with E-state index in [1.165, 1.54) is 0 Å². The van der Waals surface area contributed by atoms with Crippen LogP contribution in [-0.4, -0.2) is 24.5 Å². The number of hydrogen-bond acceptors (Lipinski definition) is 6. The molecule has 0 fully saturated rings. The average molecular weight is 656 g/mol. The molecule has 7 heteroatoms. The Morgan fingerprint density at radius 2 is 1.06 bits per heavy atom. The van der Waals surface area contributed by atoms with Crippen LogP contribution >= 0.6 is 0 Å². The van der Waals surface area contributed by atoms with Crippen LogP contribution in [0.5, 0.6) is 0 Å². The summed E-state index contributed by atoms with van der Waals surface area (Å²) in [4.78, 5) is 19.6. The van der Waals surface area contributed by atoms with Gasteiger partial charge in [0.15, 0.2) is 17.2 Å². The Balaban J connectivity index is 1.11. The summed E-state index contributed by atoms with van der Waals surface area (Å²) in [7, 11) is 0. The van der Waals surface area contributed by atoms with Crippen molar-refractivity contribution in [2.75, 3.05) is 0 Å². The van der Waals surface area contributed by atoms with E-state index in [0.717, 1.165) is 87.9 Å². The number of benzene rings is 6. The summed E-state index contributed by atoms with van der Waals surface area (Å²) in [6, 6.07) is 47.6. The Morgan fingerprint density at radius 3 is 1.86 bits per heavy atom. The minimum absolute atomic E-state index is 0.546. The number of para-hydroxylation sites is 3. The zero-order valence-corrected chi connectivity index (χ0v) is 27.0. The highest BCUT2D eigenvalue weighted by atomic mass is 16.3. The molecule has 0 N–H and O–H groups in total. The van der Waals surface area contributed by atoms with Crippen molar-refractivity contribution in [2.24, 2.45) is 0 Å². The summed E-state index contributed by atoms with van der Waals surface area (Å²) < 4.78 is 14.5. The molecule has 11 rings (SSSR count). The van der Waals surface area contributed by atoms with Crippen LogP contribution in [0, 0.1) is 0 Å². The topological polar surface area (TPSA) is 82.8 Å². The van der Waals surface area contributed by atoms with Crippen molar-refractivity contribution < 1.29 is 8.83 Å². The number of hydrogen-bond donors (Lipinski definition) is 0. The lowest BCUT2D eigenvalue weighted by molar-refractivity contribution is 0.667. The van der Waals surface area contributed by atoms with Gasteiger partial charge in [-0.3, -0.25) is 9.55 Å². The lowest BCUT2D eigenvalue weighted by Gasteiger charge is -2.11. The summed E-state index contributed by atoms with van der Waals surface area (Å²) in [6.45, 7) is 0. The fourth-order valence-corrected chi connectivity index (χ4v) is 7.45. The molecule has 0 saturated carbocycles. The molecule has 238 valence electrons. The van der Waals surface area contributed by atoms with Crippen LogP contribution in [0.2, 0.25) is 0 Å². The van der Waals surface area contributed by atoms with Crippen LogP contribution in [0.3, 0.4) is 0 Å². The summed E-state index contributed by atoms with van der Waals surface area (Å²) in [5, 5.41) is 6.53. The van der Waals surface area contributed by atoms with Gasteiger partial charge in [-0.25, -0.2) is 4.98 Å². The second kappa shape index (κ2) is 10.7. The number of furan rings is 2. The molecule has 0 saturated heterocycles. The maximum absolute atomic E-state index is 6.27. The van der Waals surface area contributed by atoms with Crippen LogP contribution in [0.4, 0.5) is 0 Å². The molecule has 5 heterocycles. The first kappa shape index (κ1) is 27.8. The van der Waals surface area contributed by atoms with Crippen LogP contribution in [0.15, 0.2) is 161 Å². The molecule has 5 aromatic heterocycles. The minimum Gasteiger partial charge on any atom is -0.456 e. The zero-order valence-electron chi connectivity index (χ0n) is 27.0. The third-order valence-corrected chi connectivity index (χ3v) is 9.79. The molecule has 0 atom stereocenters. The molecule has 0 unspecified atom stereocenters. The van der Waals surface area contributed by atoms with Gasteiger partial charge in [-0.1, -0.05) is 97.1 Å². The third-order valence-electron chi connectivity index (χ3n) is 9.79. The Labute approximate surface area is 290 Å². The first-order chi connectivity index (χ1) is 25.3. The molecule has 0 aliphatic heterocycles.